The molecule has 0 aromatic carbocycles. The maximum atomic E-state index is 12.5. The highest BCUT2D eigenvalue weighted by molar-refractivity contribution is 5.96. The van der Waals surface area contributed by atoms with E-state index in [0.717, 1.165) is 11.3 Å². The first-order valence-corrected chi connectivity index (χ1v) is 6.93. The van der Waals surface area contributed by atoms with E-state index in [2.05, 4.69) is 10.5 Å². The van der Waals surface area contributed by atoms with Crippen LogP contribution in [0.25, 0.3) is 0 Å². The van der Waals surface area contributed by atoms with Crippen molar-refractivity contribution in [3.05, 3.63) is 17.0 Å². The number of nitrogens with one attached hydrogen (secondary N) is 1. The average molecular weight is 279 g/mol. The quantitative estimate of drug-likeness (QED) is 0.909. The minimum atomic E-state index is -0.492. The van der Waals surface area contributed by atoms with Crippen molar-refractivity contribution in [1.29, 1.82) is 0 Å². The van der Waals surface area contributed by atoms with Crippen molar-refractivity contribution in [1.82, 2.24) is 15.4 Å². The van der Waals surface area contributed by atoms with Crippen molar-refractivity contribution in [3.63, 3.8) is 0 Å². The van der Waals surface area contributed by atoms with E-state index in [0.29, 0.717) is 12.2 Å². The van der Waals surface area contributed by atoms with E-state index >= 15 is 0 Å². The molecule has 1 N–H and O–H groups in total. The summed E-state index contributed by atoms with van der Waals surface area (Å²) in [5.74, 6) is 0.524. The molecule has 0 radical (unpaired) electrons. The van der Waals surface area contributed by atoms with Gasteiger partial charge in [-0.25, -0.2) is 0 Å². The maximum absolute atomic E-state index is 12.5. The molecule has 20 heavy (non-hydrogen) atoms. The number of carbonyl (C=O) groups is 2. The smallest absolute Gasteiger partial charge is 0.246 e. The third-order valence-corrected chi connectivity index (χ3v) is 4.00. The van der Waals surface area contributed by atoms with Crippen LogP contribution in [0.4, 0.5) is 0 Å². The third kappa shape index (κ3) is 2.19. The maximum Gasteiger partial charge on any atom is 0.246 e. The fraction of sp³-hybridized carbons (Fsp3) is 0.643. The van der Waals surface area contributed by atoms with Gasteiger partial charge in [-0.15, -0.1) is 0 Å². The lowest BCUT2D eigenvalue weighted by molar-refractivity contribution is -0.151. The molecule has 6 nitrogen and oxygen atoms in total. The Bertz CT molecular complexity index is 518. The molecular weight excluding hydrogens is 258 g/mol. The van der Waals surface area contributed by atoms with E-state index in [4.69, 9.17) is 4.52 Å². The first-order valence-electron chi connectivity index (χ1n) is 6.93. The standard InChI is InChI=1S/C14H21N3O3/c1-6-11-14(19)17(9(4)13(18)15-11)8(3)12-7(2)16-20-10(12)5/h8-9,11H,6H2,1-5H3,(H,15,18). The molecule has 1 aliphatic heterocycles. The average Bonchev–Trinajstić information content (AvgIpc) is 2.73. The van der Waals surface area contributed by atoms with E-state index in [1.165, 1.54) is 0 Å². The molecule has 1 fully saturated rings. The summed E-state index contributed by atoms with van der Waals surface area (Å²) in [4.78, 5) is 26.2. The van der Waals surface area contributed by atoms with Gasteiger partial charge in [-0.05, 0) is 34.1 Å². The first kappa shape index (κ1) is 14.6. The van der Waals surface area contributed by atoms with Gasteiger partial charge in [0.15, 0.2) is 0 Å². The zero-order chi connectivity index (χ0) is 15.0. The SMILES string of the molecule is CCC1NC(=O)C(C)N(C(C)c2c(C)noc2C)C1=O. The van der Waals surface area contributed by atoms with Gasteiger partial charge >= 0.3 is 0 Å². The van der Waals surface area contributed by atoms with Crippen LogP contribution < -0.4 is 5.32 Å². The lowest BCUT2D eigenvalue weighted by Gasteiger charge is -2.40. The summed E-state index contributed by atoms with van der Waals surface area (Å²) in [6.07, 6.45) is 0.585. The van der Waals surface area contributed by atoms with Gasteiger partial charge in [-0.3, -0.25) is 9.59 Å². The molecule has 1 aromatic rings. The summed E-state index contributed by atoms with van der Waals surface area (Å²) in [5.41, 5.74) is 1.64. The molecule has 2 rings (SSSR count). The summed E-state index contributed by atoms with van der Waals surface area (Å²) in [6, 6.07) is -1.17. The van der Waals surface area contributed by atoms with Gasteiger partial charge in [0.05, 0.1) is 11.7 Å². The van der Waals surface area contributed by atoms with Crippen LogP contribution in [0.15, 0.2) is 4.52 Å². The number of aromatic nitrogens is 1. The van der Waals surface area contributed by atoms with Crippen LogP contribution in [-0.2, 0) is 9.59 Å². The Kier molecular flexibility index (Phi) is 3.83. The molecule has 2 heterocycles. The normalized spacial score (nSPS) is 24.8. The Morgan fingerprint density at radius 2 is 2.05 bits per heavy atom. The lowest BCUT2D eigenvalue weighted by atomic mass is 9.99. The predicted octanol–water partition coefficient (Wildman–Crippen LogP) is 1.48. The predicted molar refractivity (Wildman–Crippen MR) is 72.9 cm³/mol. The molecule has 110 valence electrons. The molecule has 0 bridgehead atoms. The van der Waals surface area contributed by atoms with E-state index in [1.54, 1.807) is 11.8 Å². The number of carbonyl (C=O) groups excluding carboxylic acids is 2. The molecule has 0 spiro atoms. The molecule has 3 unspecified atom stereocenters. The van der Waals surface area contributed by atoms with Crippen LogP contribution in [0, 0.1) is 13.8 Å². The molecule has 0 aliphatic carbocycles. The molecule has 0 saturated carbocycles. The number of rotatable bonds is 3. The van der Waals surface area contributed by atoms with Crippen LogP contribution in [0.1, 0.15) is 50.3 Å². The molecular formula is C14H21N3O3. The Morgan fingerprint density at radius 3 is 2.55 bits per heavy atom. The van der Waals surface area contributed by atoms with E-state index in [9.17, 15) is 9.59 Å². The minimum Gasteiger partial charge on any atom is -0.361 e. The fourth-order valence-electron chi connectivity index (χ4n) is 2.88. The van der Waals surface area contributed by atoms with Gasteiger partial charge in [0.25, 0.3) is 0 Å². The second-order valence-corrected chi connectivity index (χ2v) is 5.30. The lowest BCUT2D eigenvalue weighted by Crippen LogP contribution is -2.62. The first-order chi connectivity index (χ1) is 9.38. The van der Waals surface area contributed by atoms with Crippen molar-refractivity contribution >= 4 is 11.8 Å². The second-order valence-electron chi connectivity index (χ2n) is 5.30. The Balaban J connectivity index is 2.38. The van der Waals surface area contributed by atoms with Crippen molar-refractivity contribution in [2.24, 2.45) is 0 Å². The Morgan fingerprint density at radius 1 is 1.40 bits per heavy atom. The van der Waals surface area contributed by atoms with Crippen molar-refractivity contribution in [2.45, 2.75) is 59.2 Å². The highest BCUT2D eigenvalue weighted by atomic mass is 16.5. The number of hydrogen-bond acceptors (Lipinski definition) is 4. The Hall–Kier alpha value is -1.85. The third-order valence-electron chi connectivity index (χ3n) is 4.00. The Labute approximate surface area is 118 Å². The molecule has 6 heteroatoms. The van der Waals surface area contributed by atoms with Gasteiger partial charge in [0.2, 0.25) is 11.8 Å². The summed E-state index contributed by atoms with van der Waals surface area (Å²) in [6.45, 7) is 9.21. The highest BCUT2D eigenvalue weighted by Gasteiger charge is 2.41. The van der Waals surface area contributed by atoms with Crippen LogP contribution in [0.2, 0.25) is 0 Å². The molecule has 2 amide bonds. The topological polar surface area (TPSA) is 75.4 Å². The van der Waals surface area contributed by atoms with Gasteiger partial charge in [0, 0.05) is 5.56 Å². The summed E-state index contributed by atoms with van der Waals surface area (Å²) >= 11 is 0. The number of nitrogens with zero attached hydrogens (tertiary/aromatic N) is 2. The number of aryl methyl sites for hydroxylation is 2. The molecule has 1 saturated heterocycles. The van der Waals surface area contributed by atoms with Crippen LogP contribution in [0.3, 0.4) is 0 Å². The number of piperazine rings is 1. The summed E-state index contributed by atoms with van der Waals surface area (Å²) < 4.78 is 5.17. The van der Waals surface area contributed by atoms with Crippen LogP contribution in [0.5, 0.6) is 0 Å². The number of hydrogen-bond donors (Lipinski definition) is 1. The van der Waals surface area contributed by atoms with Crippen molar-refractivity contribution in [2.75, 3.05) is 0 Å². The van der Waals surface area contributed by atoms with Crippen LogP contribution >= 0.6 is 0 Å². The monoisotopic (exact) mass is 279 g/mol. The second kappa shape index (κ2) is 5.26. The highest BCUT2D eigenvalue weighted by Crippen LogP contribution is 2.30. The number of amides is 2. The fourth-order valence-corrected chi connectivity index (χ4v) is 2.88. The zero-order valence-electron chi connectivity index (χ0n) is 12.6. The van der Waals surface area contributed by atoms with Crippen molar-refractivity contribution < 1.29 is 14.1 Å². The summed E-state index contributed by atoms with van der Waals surface area (Å²) in [7, 11) is 0. The van der Waals surface area contributed by atoms with Gasteiger partial charge < -0.3 is 14.7 Å². The van der Waals surface area contributed by atoms with Crippen LogP contribution in [-0.4, -0.2) is 34.0 Å². The largest absolute Gasteiger partial charge is 0.361 e. The van der Waals surface area contributed by atoms with E-state index in [1.807, 2.05) is 27.7 Å². The molecule has 1 aliphatic rings. The van der Waals surface area contributed by atoms with Gasteiger partial charge in [0.1, 0.15) is 17.8 Å². The molecule has 3 atom stereocenters. The van der Waals surface area contributed by atoms with E-state index < -0.39 is 12.1 Å². The van der Waals surface area contributed by atoms with Gasteiger partial charge in [-0.1, -0.05) is 12.1 Å². The van der Waals surface area contributed by atoms with E-state index in [-0.39, 0.29) is 17.9 Å². The van der Waals surface area contributed by atoms with Crippen molar-refractivity contribution in [3.8, 4) is 0 Å². The zero-order valence-corrected chi connectivity index (χ0v) is 12.6. The minimum absolute atomic E-state index is 0.0490. The van der Waals surface area contributed by atoms with Gasteiger partial charge in [-0.2, -0.15) is 0 Å². The molecule has 1 aromatic heterocycles. The summed E-state index contributed by atoms with van der Waals surface area (Å²) in [5, 5.41) is 6.68.